The maximum absolute atomic E-state index is 13.1. The molecule has 3 aromatic rings. The molecule has 2 aromatic heterocycles. The molecule has 1 aliphatic heterocycles. The van der Waals surface area contributed by atoms with Gasteiger partial charge in [-0.2, -0.15) is 0 Å². The molecule has 6 nitrogen and oxygen atoms in total. The summed E-state index contributed by atoms with van der Waals surface area (Å²) < 4.78 is 7.60. The van der Waals surface area contributed by atoms with Gasteiger partial charge in [-0.25, -0.2) is 4.98 Å². The first-order valence-electron chi connectivity index (χ1n) is 9.38. The molecule has 1 aliphatic rings. The maximum Gasteiger partial charge on any atom is 0.262 e. The van der Waals surface area contributed by atoms with Crippen molar-refractivity contribution in [1.29, 1.82) is 0 Å². The molecule has 1 aromatic carbocycles. The van der Waals surface area contributed by atoms with Crippen LogP contribution in [0.1, 0.15) is 54.0 Å². The normalized spacial score (nSPS) is 17.8. The fourth-order valence-corrected chi connectivity index (χ4v) is 4.80. The Balaban J connectivity index is 1.71. The number of carbonyl (C=O) groups excluding carboxylic acids is 1. The topological polar surface area (TPSA) is 73.2 Å². The van der Waals surface area contributed by atoms with Gasteiger partial charge in [0, 0.05) is 18.5 Å². The highest BCUT2D eigenvalue weighted by Crippen LogP contribution is 2.39. The number of thiophene rings is 1. The van der Waals surface area contributed by atoms with Gasteiger partial charge >= 0.3 is 0 Å². The van der Waals surface area contributed by atoms with Crippen molar-refractivity contribution >= 4 is 27.5 Å². The lowest BCUT2D eigenvalue weighted by Crippen LogP contribution is -2.41. The third-order valence-corrected chi connectivity index (χ3v) is 6.34. The summed E-state index contributed by atoms with van der Waals surface area (Å²) in [7, 11) is 0. The Morgan fingerprint density at radius 3 is 2.89 bits per heavy atom. The SMILES string of the molecule is CCn1cnc2sc(C(=O)N[C@@H]3CC(C)(C)Oc4ccccc43)c(C)c2c1=O. The summed E-state index contributed by atoms with van der Waals surface area (Å²) in [6.07, 6.45) is 2.21. The zero-order chi connectivity index (χ0) is 20.1. The summed E-state index contributed by atoms with van der Waals surface area (Å²) in [5, 5.41) is 3.69. The first-order chi connectivity index (χ1) is 13.3. The Hall–Kier alpha value is -2.67. The van der Waals surface area contributed by atoms with Crippen molar-refractivity contribution < 1.29 is 9.53 Å². The number of rotatable bonds is 3. The van der Waals surface area contributed by atoms with E-state index < -0.39 is 0 Å². The van der Waals surface area contributed by atoms with Crippen LogP contribution in [0.3, 0.4) is 0 Å². The molecular weight excluding hydrogens is 374 g/mol. The number of para-hydroxylation sites is 1. The van der Waals surface area contributed by atoms with Gasteiger partial charge in [0.2, 0.25) is 0 Å². The predicted molar refractivity (Wildman–Crippen MR) is 110 cm³/mol. The second-order valence-corrected chi connectivity index (χ2v) is 8.70. The van der Waals surface area contributed by atoms with Gasteiger partial charge in [0.15, 0.2) is 0 Å². The molecule has 3 heterocycles. The number of aromatic nitrogens is 2. The Morgan fingerprint density at radius 1 is 1.39 bits per heavy atom. The number of amides is 1. The molecule has 4 rings (SSSR count). The number of fused-ring (bicyclic) bond motifs is 2. The van der Waals surface area contributed by atoms with Crippen LogP contribution in [-0.2, 0) is 6.54 Å². The second-order valence-electron chi connectivity index (χ2n) is 7.70. The molecule has 0 fully saturated rings. The Kier molecular flexibility index (Phi) is 4.50. The lowest BCUT2D eigenvalue weighted by Gasteiger charge is -2.37. The fraction of sp³-hybridized carbons (Fsp3) is 0.381. The number of benzene rings is 1. The Labute approximate surface area is 167 Å². The van der Waals surface area contributed by atoms with Crippen LogP contribution in [0.5, 0.6) is 5.75 Å². The lowest BCUT2D eigenvalue weighted by molar-refractivity contribution is 0.0621. The number of nitrogens with one attached hydrogen (secondary N) is 1. The molecule has 1 atom stereocenters. The molecule has 0 radical (unpaired) electrons. The number of carbonyl (C=O) groups is 1. The molecule has 0 bridgehead atoms. The van der Waals surface area contributed by atoms with E-state index in [2.05, 4.69) is 10.3 Å². The van der Waals surface area contributed by atoms with E-state index in [-0.39, 0.29) is 23.1 Å². The van der Waals surface area contributed by atoms with Crippen LogP contribution in [-0.4, -0.2) is 21.1 Å². The zero-order valence-electron chi connectivity index (χ0n) is 16.4. The molecule has 0 saturated carbocycles. The third-order valence-electron chi connectivity index (χ3n) is 5.15. The number of hydrogen-bond acceptors (Lipinski definition) is 5. The summed E-state index contributed by atoms with van der Waals surface area (Å²) in [5.41, 5.74) is 1.19. The van der Waals surface area contributed by atoms with Gasteiger partial charge in [-0.05, 0) is 39.3 Å². The van der Waals surface area contributed by atoms with Crippen molar-refractivity contribution in [3.05, 3.63) is 57.0 Å². The summed E-state index contributed by atoms with van der Waals surface area (Å²) in [5.74, 6) is 0.616. The Bertz CT molecular complexity index is 1130. The van der Waals surface area contributed by atoms with E-state index in [0.717, 1.165) is 11.3 Å². The molecular formula is C21H23N3O3S. The molecule has 1 amide bonds. The van der Waals surface area contributed by atoms with Crippen molar-refractivity contribution in [1.82, 2.24) is 14.9 Å². The van der Waals surface area contributed by atoms with Crippen LogP contribution in [0.25, 0.3) is 10.2 Å². The van der Waals surface area contributed by atoms with Gasteiger partial charge in [0.25, 0.3) is 11.5 Å². The molecule has 7 heteroatoms. The Morgan fingerprint density at radius 2 is 2.14 bits per heavy atom. The van der Waals surface area contributed by atoms with Crippen molar-refractivity contribution in [2.24, 2.45) is 0 Å². The largest absolute Gasteiger partial charge is 0.487 e. The van der Waals surface area contributed by atoms with Crippen molar-refractivity contribution in [3.8, 4) is 5.75 Å². The van der Waals surface area contributed by atoms with Crippen molar-refractivity contribution in [3.63, 3.8) is 0 Å². The van der Waals surface area contributed by atoms with E-state index in [1.807, 2.05) is 52.0 Å². The van der Waals surface area contributed by atoms with Crippen LogP contribution < -0.4 is 15.6 Å². The monoisotopic (exact) mass is 397 g/mol. The molecule has 0 aliphatic carbocycles. The molecule has 0 spiro atoms. The molecule has 0 saturated heterocycles. The molecule has 146 valence electrons. The minimum Gasteiger partial charge on any atom is -0.487 e. The summed E-state index contributed by atoms with van der Waals surface area (Å²) in [4.78, 5) is 31.3. The molecule has 1 N–H and O–H groups in total. The second kappa shape index (κ2) is 6.74. The van der Waals surface area contributed by atoms with Crippen LogP contribution in [0.2, 0.25) is 0 Å². The third kappa shape index (κ3) is 3.09. The molecule has 28 heavy (non-hydrogen) atoms. The summed E-state index contributed by atoms with van der Waals surface area (Å²) in [6.45, 7) is 8.30. The van der Waals surface area contributed by atoms with E-state index >= 15 is 0 Å². The van der Waals surface area contributed by atoms with E-state index in [9.17, 15) is 9.59 Å². The van der Waals surface area contributed by atoms with Gasteiger partial charge in [0.1, 0.15) is 16.2 Å². The smallest absolute Gasteiger partial charge is 0.262 e. The van der Waals surface area contributed by atoms with Crippen LogP contribution in [0, 0.1) is 6.92 Å². The van der Waals surface area contributed by atoms with E-state index in [1.165, 1.54) is 11.3 Å². The number of ether oxygens (including phenoxy) is 1. The minimum absolute atomic E-state index is 0.0992. The zero-order valence-corrected chi connectivity index (χ0v) is 17.2. The highest BCUT2D eigenvalue weighted by atomic mass is 32.1. The average Bonchev–Trinajstić information content (AvgIpc) is 2.98. The number of aryl methyl sites for hydroxylation is 2. The summed E-state index contributed by atoms with van der Waals surface area (Å²) in [6, 6.07) is 7.63. The number of hydrogen-bond donors (Lipinski definition) is 1. The highest BCUT2D eigenvalue weighted by Gasteiger charge is 2.35. The van der Waals surface area contributed by atoms with Gasteiger partial charge < -0.3 is 10.1 Å². The minimum atomic E-state index is -0.377. The quantitative estimate of drug-likeness (QED) is 0.729. The van der Waals surface area contributed by atoms with Gasteiger partial charge in [-0.3, -0.25) is 14.2 Å². The standard InChI is InChI=1S/C21H23N3O3S/c1-5-24-11-22-19-16(20(24)26)12(2)17(28-19)18(25)23-14-10-21(3,4)27-15-9-7-6-8-13(14)15/h6-9,11,14H,5,10H2,1-4H3,(H,23,25)/t14-/m1/s1. The molecule has 0 unspecified atom stereocenters. The first-order valence-corrected chi connectivity index (χ1v) is 10.2. The predicted octanol–water partition coefficient (Wildman–Crippen LogP) is 3.82. The fourth-order valence-electron chi connectivity index (χ4n) is 3.76. The van der Waals surface area contributed by atoms with Gasteiger partial charge in [-0.15, -0.1) is 11.3 Å². The van der Waals surface area contributed by atoms with E-state index in [0.29, 0.717) is 33.6 Å². The first kappa shape index (κ1) is 18.7. The number of nitrogens with zero attached hydrogens (tertiary/aromatic N) is 2. The van der Waals surface area contributed by atoms with E-state index in [4.69, 9.17) is 4.74 Å². The maximum atomic E-state index is 13.1. The van der Waals surface area contributed by atoms with Crippen molar-refractivity contribution in [2.75, 3.05) is 0 Å². The average molecular weight is 398 g/mol. The highest BCUT2D eigenvalue weighted by molar-refractivity contribution is 7.20. The van der Waals surface area contributed by atoms with Crippen molar-refractivity contribution in [2.45, 2.75) is 52.3 Å². The van der Waals surface area contributed by atoms with Crippen LogP contribution in [0.4, 0.5) is 0 Å². The van der Waals surface area contributed by atoms with Crippen LogP contribution >= 0.6 is 11.3 Å². The van der Waals surface area contributed by atoms with Crippen LogP contribution in [0.15, 0.2) is 35.4 Å². The van der Waals surface area contributed by atoms with Gasteiger partial charge in [0.05, 0.1) is 22.6 Å². The lowest BCUT2D eigenvalue weighted by atomic mass is 9.89. The van der Waals surface area contributed by atoms with E-state index in [1.54, 1.807) is 10.9 Å². The summed E-state index contributed by atoms with van der Waals surface area (Å²) >= 11 is 1.27. The van der Waals surface area contributed by atoms with Gasteiger partial charge in [-0.1, -0.05) is 18.2 Å².